The monoisotopic (exact) mass is 447 g/mol. The number of hydrogen-bond donors (Lipinski definition) is 0. The molecule has 0 spiro atoms. The molecule has 1 amide bonds. The molecule has 20 heavy (non-hydrogen) atoms. The lowest BCUT2D eigenvalue weighted by molar-refractivity contribution is 0.0783. The lowest BCUT2D eigenvalue weighted by Crippen LogP contribution is -2.27. The van der Waals surface area contributed by atoms with Gasteiger partial charge in [-0.1, -0.05) is 28.1 Å². The number of nitrogens with zero attached hydrogens (tertiary/aromatic N) is 1. The van der Waals surface area contributed by atoms with Gasteiger partial charge in [0.25, 0.3) is 5.91 Å². The lowest BCUT2D eigenvalue weighted by atomic mass is 10.1. The van der Waals surface area contributed by atoms with Crippen molar-refractivity contribution in [2.75, 3.05) is 7.05 Å². The second-order valence-corrected chi connectivity index (χ2v) is 6.45. The normalized spacial score (nSPS) is 10.4. The average molecular weight is 448 g/mol. The van der Waals surface area contributed by atoms with Gasteiger partial charge in [-0.3, -0.25) is 4.79 Å². The highest BCUT2D eigenvalue weighted by Crippen LogP contribution is 2.19. The Kier molecular flexibility index (Phi) is 5.15. The second-order valence-electron chi connectivity index (χ2n) is 4.38. The number of halogens is 3. The van der Waals surface area contributed by atoms with Crippen LogP contribution in [0.4, 0.5) is 4.39 Å². The van der Waals surface area contributed by atoms with Gasteiger partial charge in [-0.25, -0.2) is 4.39 Å². The molecule has 0 aliphatic carbocycles. The lowest BCUT2D eigenvalue weighted by Gasteiger charge is -2.18. The summed E-state index contributed by atoms with van der Waals surface area (Å²) in [6, 6.07) is 12.1. The minimum Gasteiger partial charge on any atom is -0.337 e. The maximum absolute atomic E-state index is 13.7. The first kappa shape index (κ1) is 15.4. The number of carbonyl (C=O) groups is 1. The van der Waals surface area contributed by atoms with E-state index in [0.29, 0.717) is 11.1 Å². The summed E-state index contributed by atoms with van der Waals surface area (Å²) in [7, 11) is 1.67. The zero-order valence-electron chi connectivity index (χ0n) is 10.7. The van der Waals surface area contributed by atoms with Gasteiger partial charge in [-0.2, -0.15) is 0 Å². The third kappa shape index (κ3) is 3.58. The maximum atomic E-state index is 13.7. The van der Waals surface area contributed by atoms with Crippen LogP contribution >= 0.6 is 38.5 Å². The summed E-state index contributed by atoms with van der Waals surface area (Å²) in [5, 5.41) is 0. The molecule has 104 valence electrons. The highest BCUT2D eigenvalue weighted by Gasteiger charge is 2.16. The smallest absolute Gasteiger partial charge is 0.254 e. The van der Waals surface area contributed by atoms with Crippen LogP contribution in [0.3, 0.4) is 0 Å². The van der Waals surface area contributed by atoms with E-state index < -0.39 is 0 Å². The molecule has 0 N–H and O–H groups in total. The van der Waals surface area contributed by atoms with Gasteiger partial charge in [-0.15, -0.1) is 0 Å². The number of rotatable bonds is 3. The molecule has 0 heterocycles. The van der Waals surface area contributed by atoms with Crippen molar-refractivity contribution < 1.29 is 9.18 Å². The predicted octanol–water partition coefficient (Wildman–Crippen LogP) is 4.47. The molecule has 5 heteroatoms. The van der Waals surface area contributed by atoms with E-state index in [0.717, 1.165) is 8.04 Å². The Balaban J connectivity index is 2.20. The topological polar surface area (TPSA) is 20.3 Å². The molecular formula is C15H12BrFINO. The van der Waals surface area contributed by atoms with Crippen molar-refractivity contribution in [1.29, 1.82) is 0 Å². The van der Waals surface area contributed by atoms with Gasteiger partial charge in [0.1, 0.15) is 5.82 Å². The highest BCUT2D eigenvalue weighted by molar-refractivity contribution is 14.1. The fraction of sp³-hybridized carbons (Fsp3) is 0.133. The van der Waals surface area contributed by atoms with E-state index in [9.17, 15) is 9.18 Å². The number of benzene rings is 2. The minimum absolute atomic E-state index is 0.116. The Hall–Kier alpha value is -0.950. The first-order valence-corrected chi connectivity index (χ1v) is 7.80. The first-order valence-electron chi connectivity index (χ1n) is 5.93. The third-order valence-corrected chi connectivity index (χ3v) is 4.30. The van der Waals surface area contributed by atoms with Crippen molar-refractivity contribution in [2.24, 2.45) is 0 Å². The molecule has 2 aromatic carbocycles. The molecule has 0 aliphatic rings. The fourth-order valence-electron chi connectivity index (χ4n) is 1.83. The molecule has 0 aromatic heterocycles. The fourth-order valence-corrected chi connectivity index (χ4v) is 2.86. The number of carbonyl (C=O) groups excluding carboxylic acids is 1. The van der Waals surface area contributed by atoms with Crippen LogP contribution in [-0.4, -0.2) is 17.9 Å². The van der Waals surface area contributed by atoms with Crippen LogP contribution in [0.5, 0.6) is 0 Å². The molecule has 0 atom stereocenters. The molecule has 0 saturated carbocycles. The quantitative estimate of drug-likeness (QED) is 0.636. The van der Waals surface area contributed by atoms with E-state index in [1.165, 1.54) is 11.0 Å². The molecule has 0 bridgehead atoms. The molecule has 0 radical (unpaired) electrons. The van der Waals surface area contributed by atoms with Crippen LogP contribution in [0.15, 0.2) is 46.9 Å². The summed E-state index contributed by atoms with van der Waals surface area (Å²) in [5.74, 6) is -0.426. The van der Waals surface area contributed by atoms with Crippen molar-refractivity contribution in [3.05, 3.63) is 67.5 Å². The molecule has 2 nitrogen and oxygen atoms in total. The largest absolute Gasteiger partial charge is 0.337 e. The maximum Gasteiger partial charge on any atom is 0.254 e. The van der Waals surface area contributed by atoms with Crippen molar-refractivity contribution in [1.82, 2.24) is 4.90 Å². The van der Waals surface area contributed by atoms with Crippen LogP contribution in [-0.2, 0) is 6.54 Å². The van der Waals surface area contributed by atoms with Crippen molar-refractivity contribution >= 4 is 44.4 Å². The molecule has 0 unspecified atom stereocenters. The van der Waals surface area contributed by atoms with Crippen molar-refractivity contribution in [3.8, 4) is 0 Å². The molecule has 0 aliphatic heterocycles. The van der Waals surface area contributed by atoms with E-state index in [1.54, 1.807) is 25.2 Å². The highest BCUT2D eigenvalue weighted by atomic mass is 127. The summed E-state index contributed by atoms with van der Waals surface area (Å²) in [6.07, 6.45) is 0. The molecule has 2 rings (SSSR count). The summed E-state index contributed by atoms with van der Waals surface area (Å²) in [6.45, 7) is 0.231. The Morgan fingerprint density at radius 3 is 2.70 bits per heavy atom. The molecule has 0 saturated heterocycles. The van der Waals surface area contributed by atoms with Crippen LogP contribution in [0, 0.1) is 9.39 Å². The SMILES string of the molecule is CN(Cc1cc(Br)ccc1F)C(=O)c1ccccc1I. The van der Waals surface area contributed by atoms with Crippen LogP contribution in [0.2, 0.25) is 0 Å². The number of hydrogen-bond acceptors (Lipinski definition) is 1. The van der Waals surface area contributed by atoms with Gasteiger partial charge < -0.3 is 4.90 Å². The van der Waals surface area contributed by atoms with Gasteiger partial charge >= 0.3 is 0 Å². The van der Waals surface area contributed by atoms with E-state index in [1.807, 2.05) is 18.2 Å². The zero-order valence-corrected chi connectivity index (χ0v) is 14.5. The van der Waals surface area contributed by atoms with Gasteiger partial charge in [-0.05, 0) is 52.9 Å². The predicted molar refractivity (Wildman–Crippen MR) is 89.1 cm³/mol. The Bertz CT molecular complexity index is 648. The second kappa shape index (κ2) is 6.67. The van der Waals surface area contributed by atoms with Crippen molar-refractivity contribution in [2.45, 2.75) is 6.54 Å². The molecule has 2 aromatic rings. The summed E-state index contributed by atoms with van der Waals surface area (Å²) in [4.78, 5) is 13.9. The summed E-state index contributed by atoms with van der Waals surface area (Å²) < 4.78 is 15.4. The van der Waals surface area contributed by atoms with Crippen LogP contribution < -0.4 is 0 Å². The molecular weight excluding hydrogens is 436 g/mol. The Morgan fingerprint density at radius 2 is 2.00 bits per heavy atom. The van der Waals surface area contributed by atoms with E-state index in [4.69, 9.17) is 0 Å². The Labute approximate surface area is 139 Å². The number of amides is 1. The zero-order chi connectivity index (χ0) is 14.7. The van der Waals surface area contributed by atoms with Gasteiger partial charge in [0.15, 0.2) is 0 Å². The van der Waals surface area contributed by atoms with E-state index in [2.05, 4.69) is 38.5 Å². The van der Waals surface area contributed by atoms with Gasteiger partial charge in [0, 0.05) is 27.2 Å². The van der Waals surface area contributed by atoms with Crippen LogP contribution in [0.25, 0.3) is 0 Å². The summed E-state index contributed by atoms with van der Waals surface area (Å²) in [5.41, 5.74) is 1.12. The van der Waals surface area contributed by atoms with Crippen LogP contribution in [0.1, 0.15) is 15.9 Å². The first-order chi connectivity index (χ1) is 9.49. The van der Waals surface area contributed by atoms with Crippen molar-refractivity contribution in [3.63, 3.8) is 0 Å². The summed E-state index contributed by atoms with van der Waals surface area (Å²) >= 11 is 5.43. The minimum atomic E-state index is -0.310. The van der Waals surface area contributed by atoms with E-state index >= 15 is 0 Å². The van der Waals surface area contributed by atoms with Gasteiger partial charge in [0.2, 0.25) is 0 Å². The van der Waals surface area contributed by atoms with Gasteiger partial charge in [0.05, 0.1) is 5.56 Å². The standard InChI is InChI=1S/C15H12BrFINO/c1-19(9-10-8-11(16)6-7-13(10)17)15(20)12-4-2-3-5-14(12)18/h2-8H,9H2,1H3. The molecule has 0 fully saturated rings. The van der Waals surface area contributed by atoms with E-state index in [-0.39, 0.29) is 18.3 Å². The Morgan fingerprint density at radius 1 is 1.30 bits per heavy atom. The third-order valence-electron chi connectivity index (χ3n) is 2.87. The average Bonchev–Trinajstić information content (AvgIpc) is 2.42.